The van der Waals surface area contributed by atoms with Gasteiger partial charge in [-0.25, -0.2) is 0 Å². The number of hydrogen-bond acceptors (Lipinski definition) is 4. The average molecular weight is 304 g/mol. The molecule has 1 fully saturated rings. The molecule has 1 aliphatic carbocycles. The summed E-state index contributed by atoms with van der Waals surface area (Å²) in [5.74, 6) is -0.601. The quantitative estimate of drug-likeness (QED) is 0.867. The monoisotopic (exact) mass is 304 g/mol. The normalized spacial score (nSPS) is 21.0. The molecule has 0 saturated heterocycles. The SMILES string of the molecule is COC(=O)[C@H]1CCCC[C@H]1NC(=O)c1cccc(N(C)C)c1. The summed E-state index contributed by atoms with van der Waals surface area (Å²) < 4.78 is 4.86. The van der Waals surface area contributed by atoms with Gasteiger partial charge in [0.25, 0.3) is 5.91 Å². The summed E-state index contributed by atoms with van der Waals surface area (Å²) in [5, 5.41) is 3.01. The minimum Gasteiger partial charge on any atom is -0.469 e. The lowest BCUT2D eigenvalue weighted by Crippen LogP contribution is -2.45. The summed E-state index contributed by atoms with van der Waals surface area (Å²) in [5.41, 5.74) is 1.58. The molecule has 0 radical (unpaired) electrons. The molecule has 0 aromatic heterocycles. The first-order chi connectivity index (χ1) is 10.5. The summed E-state index contributed by atoms with van der Waals surface area (Å²) in [6, 6.07) is 7.32. The summed E-state index contributed by atoms with van der Waals surface area (Å²) in [7, 11) is 5.27. The van der Waals surface area contributed by atoms with Gasteiger partial charge < -0.3 is 15.0 Å². The number of ether oxygens (including phenoxy) is 1. The van der Waals surface area contributed by atoms with Crippen LogP contribution in [0, 0.1) is 5.92 Å². The van der Waals surface area contributed by atoms with E-state index in [1.165, 1.54) is 7.11 Å². The van der Waals surface area contributed by atoms with Gasteiger partial charge in [0.15, 0.2) is 0 Å². The van der Waals surface area contributed by atoms with Crippen LogP contribution in [0.5, 0.6) is 0 Å². The largest absolute Gasteiger partial charge is 0.469 e. The maximum Gasteiger partial charge on any atom is 0.310 e. The highest BCUT2D eigenvalue weighted by molar-refractivity contribution is 5.95. The first-order valence-electron chi connectivity index (χ1n) is 7.69. The second-order valence-electron chi connectivity index (χ2n) is 5.94. The fourth-order valence-corrected chi connectivity index (χ4v) is 2.91. The third kappa shape index (κ3) is 3.78. The van der Waals surface area contributed by atoms with E-state index < -0.39 is 0 Å². The number of esters is 1. The Labute approximate surface area is 131 Å². The number of nitrogens with zero attached hydrogens (tertiary/aromatic N) is 1. The highest BCUT2D eigenvalue weighted by Crippen LogP contribution is 2.26. The van der Waals surface area contributed by atoms with Crippen LogP contribution in [0.4, 0.5) is 5.69 Å². The van der Waals surface area contributed by atoms with Gasteiger partial charge in [-0.2, -0.15) is 0 Å². The fraction of sp³-hybridized carbons (Fsp3) is 0.529. The van der Waals surface area contributed by atoms with Gasteiger partial charge in [0.05, 0.1) is 13.0 Å². The highest BCUT2D eigenvalue weighted by Gasteiger charge is 2.32. The van der Waals surface area contributed by atoms with Gasteiger partial charge in [-0.05, 0) is 31.0 Å². The van der Waals surface area contributed by atoms with Crippen molar-refractivity contribution in [2.75, 3.05) is 26.1 Å². The van der Waals surface area contributed by atoms with Crippen molar-refractivity contribution in [2.24, 2.45) is 5.92 Å². The third-order valence-electron chi connectivity index (χ3n) is 4.21. The molecule has 5 heteroatoms. The zero-order valence-corrected chi connectivity index (χ0v) is 13.5. The van der Waals surface area contributed by atoms with Crippen molar-refractivity contribution < 1.29 is 14.3 Å². The lowest BCUT2D eigenvalue weighted by atomic mass is 9.84. The van der Waals surface area contributed by atoms with Gasteiger partial charge in [-0.15, -0.1) is 0 Å². The van der Waals surface area contributed by atoms with E-state index in [2.05, 4.69) is 5.32 Å². The number of hydrogen-bond donors (Lipinski definition) is 1. The van der Waals surface area contributed by atoms with Crippen molar-refractivity contribution in [2.45, 2.75) is 31.7 Å². The smallest absolute Gasteiger partial charge is 0.310 e. The first-order valence-corrected chi connectivity index (χ1v) is 7.69. The molecule has 120 valence electrons. The summed E-state index contributed by atoms with van der Waals surface area (Å²) >= 11 is 0. The highest BCUT2D eigenvalue weighted by atomic mass is 16.5. The lowest BCUT2D eigenvalue weighted by molar-refractivity contribution is -0.147. The van der Waals surface area contributed by atoms with Gasteiger partial charge in [0.2, 0.25) is 0 Å². The van der Waals surface area contributed by atoms with Crippen molar-refractivity contribution in [1.82, 2.24) is 5.32 Å². The van der Waals surface area contributed by atoms with Crippen LogP contribution < -0.4 is 10.2 Å². The molecule has 1 N–H and O–H groups in total. The van der Waals surface area contributed by atoms with Crippen LogP contribution in [0.1, 0.15) is 36.0 Å². The molecule has 22 heavy (non-hydrogen) atoms. The Hall–Kier alpha value is -2.04. The van der Waals surface area contributed by atoms with E-state index in [0.717, 1.165) is 31.4 Å². The van der Waals surface area contributed by atoms with Crippen LogP contribution in [0.2, 0.25) is 0 Å². The molecule has 1 amide bonds. The standard InChI is InChI=1S/C17H24N2O3/c1-19(2)13-8-6-7-12(11-13)16(20)18-15-10-5-4-9-14(15)17(21)22-3/h6-8,11,14-15H,4-5,9-10H2,1-3H3,(H,18,20)/t14-,15+/m0/s1. The van der Waals surface area contributed by atoms with E-state index in [4.69, 9.17) is 4.74 Å². The predicted octanol–water partition coefficient (Wildman–Crippen LogP) is 2.21. The van der Waals surface area contributed by atoms with E-state index in [0.29, 0.717) is 5.56 Å². The van der Waals surface area contributed by atoms with Gasteiger partial charge in [-0.3, -0.25) is 9.59 Å². The van der Waals surface area contributed by atoms with Crippen LogP contribution in [-0.2, 0) is 9.53 Å². The first kappa shape index (κ1) is 16.3. The number of benzene rings is 1. The zero-order chi connectivity index (χ0) is 16.1. The molecule has 0 unspecified atom stereocenters. The second kappa shape index (κ2) is 7.29. The maximum atomic E-state index is 12.5. The van der Waals surface area contributed by atoms with Gasteiger partial charge in [0.1, 0.15) is 0 Å². The van der Waals surface area contributed by atoms with Gasteiger partial charge >= 0.3 is 5.97 Å². The third-order valence-corrected chi connectivity index (χ3v) is 4.21. The Morgan fingerprint density at radius 3 is 2.64 bits per heavy atom. The molecule has 2 rings (SSSR count). The van der Waals surface area contributed by atoms with Crippen molar-refractivity contribution in [3.63, 3.8) is 0 Å². The Kier molecular flexibility index (Phi) is 5.41. The Bertz CT molecular complexity index is 542. The molecule has 1 aliphatic rings. The Morgan fingerprint density at radius 1 is 1.23 bits per heavy atom. The van der Waals surface area contributed by atoms with E-state index >= 15 is 0 Å². The van der Waals surface area contributed by atoms with E-state index in [-0.39, 0.29) is 23.8 Å². The summed E-state index contributed by atoms with van der Waals surface area (Å²) in [6.07, 6.45) is 3.62. The number of rotatable bonds is 4. The molecular formula is C17H24N2O3. The average Bonchev–Trinajstić information content (AvgIpc) is 2.54. The minimum absolute atomic E-state index is 0.135. The predicted molar refractivity (Wildman–Crippen MR) is 86.0 cm³/mol. The molecule has 0 aliphatic heterocycles. The second-order valence-corrected chi connectivity index (χ2v) is 5.94. The van der Waals surface area contributed by atoms with Crippen LogP contribution in [0.3, 0.4) is 0 Å². The van der Waals surface area contributed by atoms with Gasteiger partial charge in [0, 0.05) is 31.4 Å². The number of nitrogens with one attached hydrogen (secondary N) is 1. The molecule has 2 atom stereocenters. The molecule has 0 heterocycles. The number of carbonyl (C=O) groups excluding carboxylic acids is 2. The van der Waals surface area contributed by atoms with Crippen LogP contribution in [0.25, 0.3) is 0 Å². The van der Waals surface area contributed by atoms with Crippen LogP contribution in [0.15, 0.2) is 24.3 Å². The number of methoxy groups -OCH3 is 1. The number of amides is 1. The Balaban J connectivity index is 2.09. The van der Waals surface area contributed by atoms with Crippen LogP contribution in [-0.4, -0.2) is 39.1 Å². The van der Waals surface area contributed by atoms with Crippen molar-refractivity contribution >= 4 is 17.6 Å². The van der Waals surface area contributed by atoms with E-state index in [9.17, 15) is 9.59 Å². The molecule has 1 aromatic rings. The molecule has 1 saturated carbocycles. The topological polar surface area (TPSA) is 58.6 Å². The van der Waals surface area contributed by atoms with E-state index in [1.807, 2.05) is 37.2 Å². The Morgan fingerprint density at radius 2 is 1.95 bits per heavy atom. The number of anilines is 1. The van der Waals surface area contributed by atoms with Crippen molar-refractivity contribution in [3.8, 4) is 0 Å². The maximum absolute atomic E-state index is 12.5. The zero-order valence-electron chi connectivity index (χ0n) is 13.5. The fourth-order valence-electron chi connectivity index (χ4n) is 2.91. The molecule has 5 nitrogen and oxygen atoms in total. The van der Waals surface area contributed by atoms with Crippen molar-refractivity contribution in [3.05, 3.63) is 29.8 Å². The summed E-state index contributed by atoms with van der Waals surface area (Å²) in [6.45, 7) is 0. The molecule has 0 spiro atoms. The van der Waals surface area contributed by atoms with Gasteiger partial charge in [-0.1, -0.05) is 18.9 Å². The molecule has 1 aromatic carbocycles. The molecular weight excluding hydrogens is 280 g/mol. The minimum atomic E-state index is -0.236. The lowest BCUT2D eigenvalue weighted by Gasteiger charge is -2.30. The van der Waals surface area contributed by atoms with Crippen molar-refractivity contribution in [1.29, 1.82) is 0 Å². The van der Waals surface area contributed by atoms with Crippen LogP contribution >= 0.6 is 0 Å². The van der Waals surface area contributed by atoms with E-state index in [1.54, 1.807) is 6.07 Å². The number of carbonyl (C=O) groups is 2. The molecule has 0 bridgehead atoms. The summed E-state index contributed by atoms with van der Waals surface area (Å²) in [4.78, 5) is 26.3.